The topological polar surface area (TPSA) is 45.0 Å². The van der Waals surface area contributed by atoms with Gasteiger partial charge in [0.25, 0.3) is 0 Å². The van der Waals surface area contributed by atoms with Crippen LogP contribution in [0.2, 0.25) is 0 Å². The van der Waals surface area contributed by atoms with E-state index >= 15 is 0 Å². The van der Waals surface area contributed by atoms with Gasteiger partial charge in [0.05, 0.1) is 6.07 Å². The van der Waals surface area contributed by atoms with Crippen LogP contribution in [0.3, 0.4) is 0 Å². The minimum absolute atomic E-state index is 0.248. The minimum atomic E-state index is -0.325. The Balaban J connectivity index is 2.17. The SMILES string of the molecule is CC(C)NC(C#N)c1cccc(Oc2ccccc2)c1. The van der Waals surface area contributed by atoms with E-state index in [0.29, 0.717) is 0 Å². The molecule has 2 aromatic carbocycles. The van der Waals surface area contributed by atoms with Crippen LogP contribution >= 0.6 is 0 Å². The maximum Gasteiger partial charge on any atom is 0.127 e. The second kappa shape index (κ2) is 6.74. The summed E-state index contributed by atoms with van der Waals surface area (Å²) in [6.45, 7) is 4.04. The van der Waals surface area contributed by atoms with Crippen LogP contribution in [0.25, 0.3) is 0 Å². The van der Waals surface area contributed by atoms with Gasteiger partial charge in [-0.05, 0) is 43.7 Å². The summed E-state index contributed by atoms with van der Waals surface area (Å²) >= 11 is 0. The van der Waals surface area contributed by atoms with Crippen molar-refractivity contribution in [1.82, 2.24) is 5.32 Å². The number of nitrogens with one attached hydrogen (secondary N) is 1. The average Bonchev–Trinajstić information content (AvgIpc) is 2.46. The standard InChI is InChI=1S/C17H18N2O/c1-13(2)19-17(12-18)14-7-6-10-16(11-14)20-15-8-4-3-5-9-15/h3-11,13,17,19H,1-2H3. The first-order valence-corrected chi connectivity index (χ1v) is 6.67. The zero-order valence-corrected chi connectivity index (χ0v) is 11.7. The number of nitriles is 1. The first kappa shape index (κ1) is 14.1. The van der Waals surface area contributed by atoms with E-state index in [9.17, 15) is 5.26 Å². The van der Waals surface area contributed by atoms with Crippen molar-refractivity contribution in [3.05, 3.63) is 60.2 Å². The van der Waals surface area contributed by atoms with Gasteiger partial charge < -0.3 is 4.74 Å². The predicted molar refractivity (Wildman–Crippen MR) is 79.6 cm³/mol. The normalized spacial score (nSPS) is 11.9. The van der Waals surface area contributed by atoms with Gasteiger partial charge >= 0.3 is 0 Å². The molecule has 1 atom stereocenters. The highest BCUT2D eigenvalue weighted by atomic mass is 16.5. The summed E-state index contributed by atoms with van der Waals surface area (Å²) in [7, 11) is 0. The Morgan fingerprint density at radius 2 is 1.70 bits per heavy atom. The predicted octanol–water partition coefficient (Wildman–Crippen LogP) is 4.04. The zero-order chi connectivity index (χ0) is 14.4. The molecule has 0 aliphatic rings. The Morgan fingerprint density at radius 1 is 1.00 bits per heavy atom. The van der Waals surface area contributed by atoms with Crippen molar-refractivity contribution in [3.8, 4) is 17.6 Å². The van der Waals surface area contributed by atoms with E-state index in [1.807, 2.05) is 68.4 Å². The molecule has 0 fully saturated rings. The monoisotopic (exact) mass is 266 g/mol. The number of nitrogens with zero attached hydrogens (tertiary/aromatic N) is 1. The molecule has 0 spiro atoms. The molecular weight excluding hydrogens is 248 g/mol. The first-order chi connectivity index (χ1) is 9.69. The average molecular weight is 266 g/mol. The third-order valence-corrected chi connectivity index (χ3v) is 2.80. The van der Waals surface area contributed by atoms with Crippen LogP contribution in [0.15, 0.2) is 54.6 Å². The van der Waals surface area contributed by atoms with Gasteiger partial charge in [0.1, 0.15) is 17.5 Å². The van der Waals surface area contributed by atoms with Crippen molar-refractivity contribution in [3.63, 3.8) is 0 Å². The van der Waals surface area contributed by atoms with E-state index in [1.54, 1.807) is 0 Å². The summed E-state index contributed by atoms with van der Waals surface area (Å²) in [5.41, 5.74) is 0.912. The molecule has 0 heterocycles. The Labute approximate surface area is 119 Å². The molecule has 0 saturated heterocycles. The fraction of sp³-hybridized carbons (Fsp3) is 0.235. The molecule has 0 aliphatic carbocycles. The van der Waals surface area contributed by atoms with Gasteiger partial charge in [-0.1, -0.05) is 30.3 Å². The third kappa shape index (κ3) is 3.84. The van der Waals surface area contributed by atoms with Crippen molar-refractivity contribution in [2.75, 3.05) is 0 Å². The van der Waals surface area contributed by atoms with Gasteiger partial charge in [-0.3, -0.25) is 5.32 Å². The summed E-state index contributed by atoms with van der Waals surface area (Å²) in [6.07, 6.45) is 0. The molecule has 0 saturated carbocycles. The number of rotatable bonds is 5. The lowest BCUT2D eigenvalue weighted by Gasteiger charge is -2.15. The summed E-state index contributed by atoms with van der Waals surface area (Å²) in [4.78, 5) is 0. The lowest BCUT2D eigenvalue weighted by atomic mass is 10.1. The smallest absolute Gasteiger partial charge is 0.127 e. The summed E-state index contributed by atoms with van der Waals surface area (Å²) in [6, 6.07) is 19.4. The highest BCUT2D eigenvalue weighted by Crippen LogP contribution is 2.24. The van der Waals surface area contributed by atoms with E-state index in [-0.39, 0.29) is 12.1 Å². The molecule has 0 bridgehead atoms. The van der Waals surface area contributed by atoms with E-state index < -0.39 is 0 Å². The van der Waals surface area contributed by atoms with Crippen LogP contribution in [0.4, 0.5) is 0 Å². The van der Waals surface area contributed by atoms with Crippen molar-refractivity contribution in [2.45, 2.75) is 25.9 Å². The molecule has 1 N–H and O–H groups in total. The molecule has 0 amide bonds. The molecular formula is C17H18N2O. The highest BCUT2D eigenvalue weighted by molar-refractivity contribution is 5.36. The Morgan fingerprint density at radius 3 is 2.35 bits per heavy atom. The van der Waals surface area contributed by atoms with Crippen LogP contribution in [-0.2, 0) is 0 Å². The lowest BCUT2D eigenvalue weighted by Crippen LogP contribution is -2.27. The highest BCUT2D eigenvalue weighted by Gasteiger charge is 2.12. The van der Waals surface area contributed by atoms with Gasteiger partial charge in [0, 0.05) is 6.04 Å². The Bertz CT molecular complexity index is 587. The minimum Gasteiger partial charge on any atom is -0.457 e. The number of benzene rings is 2. The molecule has 2 rings (SSSR count). The summed E-state index contributed by atoms with van der Waals surface area (Å²) in [5, 5.41) is 12.5. The number of para-hydroxylation sites is 1. The van der Waals surface area contributed by atoms with Crippen molar-refractivity contribution in [1.29, 1.82) is 5.26 Å². The molecule has 102 valence electrons. The fourth-order valence-electron chi connectivity index (χ4n) is 1.92. The number of hydrogen-bond donors (Lipinski definition) is 1. The second-order valence-corrected chi connectivity index (χ2v) is 4.87. The van der Waals surface area contributed by atoms with Crippen LogP contribution in [0, 0.1) is 11.3 Å². The molecule has 0 aliphatic heterocycles. The summed E-state index contributed by atoms with van der Waals surface area (Å²) in [5.74, 6) is 1.52. The number of hydrogen-bond acceptors (Lipinski definition) is 3. The van der Waals surface area contributed by atoms with Crippen LogP contribution in [0.5, 0.6) is 11.5 Å². The van der Waals surface area contributed by atoms with Gasteiger partial charge in [-0.2, -0.15) is 5.26 Å². The Kier molecular flexibility index (Phi) is 4.75. The number of ether oxygens (including phenoxy) is 1. The van der Waals surface area contributed by atoms with Crippen molar-refractivity contribution >= 4 is 0 Å². The fourth-order valence-corrected chi connectivity index (χ4v) is 1.92. The van der Waals surface area contributed by atoms with E-state index in [4.69, 9.17) is 4.74 Å². The third-order valence-electron chi connectivity index (χ3n) is 2.80. The van der Waals surface area contributed by atoms with E-state index in [2.05, 4.69) is 11.4 Å². The first-order valence-electron chi connectivity index (χ1n) is 6.67. The second-order valence-electron chi connectivity index (χ2n) is 4.87. The molecule has 20 heavy (non-hydrogen) atoms. The zero-order valence-electron chi connectivity index (χ0n) is 11.7. The van der Waals surface area contributed by atoms with E-state index in [0.717, 1.165) is 17.1 Å². The van der Waals surface area contributed by atoms with Gasteiger partial charge in [-0.25, -0.2) is 0 Å². The molecule has 2 aromatic rings. The van der Waals surface area contributed by atoms with Crippen LogP contribution < -0.4 is 10.1 Å². The quantitative estimate of drug-likeness (QED) is 0.888. The molecule has 3 heteroatoms. The van der Waals surface area contributed by atoms with Crippen LogP contribution in [-0.4, -0.2) is 6.04 Å². The van der Waals surface area contributed by atoms with Gasteiger partial charge in [0.15, 0.2) is 0 Å². The maximum atomic E-state index is 9.26. The summed E-state index contributed by atoms with van der Waals surface area (Å²) < 4.78 is 5.78. The van der Waals surface area contributed by atoms with E-state index in [1.165, 1.54) is 0 Å². The molecule has 1 unspecified atom stereocenters. The van der Waals surface area contributed by atoms with Crippen molar-refractivity contribution in [2.24, 2.45) is 0 Å². The lowest BCUT2D eigenvalue weighted by molar-refractivity contribution is 0.479. The molecule has 0 aromatic heterocycles. The van der Waals surface area contributed by atoms with Gasteiger partial charge in [0.2, 0.25) is 0 Å². The van der Waals surface area contributed by atoms with Gasteiger partial charge in [-0.15, -0.1) is 0 Å². The largest absolute Gasteiger partial charge is 0.457 e. The Hall–Kier alpha value is -2.31. The molecule has 3 nitrogen and oxygen atoms in total. The van der Waals surface area contributed by atoms with Crippen molar-refractivity contribution < 1.29 is 4.74 Å². The molecule has 0 radical (unpaired) electrons. The van der Waals surface area contributed by atoms with Crippen LogP contribution in [0.1, 0.15) is 25.5 Å². The maximum absolute atomic E-state index is 9.26.